The van der Waals surface area contributed by atoms with Crippen LogP contribution in [0.15, 0.2) is 95.7 Å². The standard InChI is InChI=1S/C24H18BrFN4S/c25-16-6-10-19(11-7-16)30-23(22(28-24(30)31)20-4-1-2-14-27-20)21-5-3-15-29(21)18-12-8-17(26)9-13-18/h1-15,22-23H,(H,28,31)/t22-,23+/m0/s1. The summed E-state index contributed by atoms with van der Waals surface area (Å²) in [4.78, 5) is 6.72. The fourth-order valence-electron chi connectivity index (χ4n) is 4.01. The maximum absolute atomic E-state index is 13.5. The largest absolute Gasteiger partial charge is 0.351 e. The van der Waals surface area contributed by atoms with Gasteiger partial charge in [-0.3, -0.25) is 4.98 Å². The second-order valence-electron chi connectivity index (χ2n) is 7.25. The number of thiocarbonyl (C=S) groups is 1. The number of hydrogen-bond acceptors (Lipinski definition) is 2. The van der Waals surface area contributed by atoms with Gasteiger partial charge in [-0.15, -0.1) is 0 Å². The van der Waals surface area contributed by atoms with Gasteiger partial charge in [0, 0.05) is 33.9 Å². The zero-order chi connectivity index (χ0) is 21.4. The van der Waals surface area contributed by atoms with Crippen LogP contribution in [0.25, 0.3) is 5.69 Å². The molecule has 2 aromatic carbocycles. The molecule has 4 aromatic rings. The van der Waals surface area contributed by atoms with E-state index in [4.69, 9.17) is 12.2 Å². The number of nitrogens with one attached hydrogen (secondary N) is 1. The first kappa shape index (κ1) is 19.9. The van der Waals surface area contributed by atoms with Crippen LogP contribution in [0, 0.1) is 5.82 Å². The Morgan fingerprint density at radius 1 is 0.903 bits per heavy atom. The van der Waals surface area contributed by atoms with Crippen LogP contribution in [0.2, 0.25) is 0 Å². The summed E-state index contributed by atoms with van der Waals surface area (Å²) in [6.07, 6.45) is 3.78. The van der Waals surface area contributed by atoms with Crippen molar-refractivity contribution in [3.8, 4) is 5.69 Å². The molecule has 0 spiro atoms. The molecule has 5 rings (SSSR count). The van der Waals surface area contributed by atoms with Gasteiger partial charge in [0.1, 0.15) is 11.9 Å². The summed E-state index contributed by atoms with van der Waals surface area (Å²) in [6.45, 7) is 0. The van der Waals surface area contributed by atoms with E-state index < -0.39 is 0 Å². The first-order chi connectivity index (χ1) is 15.1. The van der Waals surface area contributed by atoms with Crippen LogP contribution in [-0.2, 0) is 0 Å². The number of anilines is 1. The quantitative estimate of drug-likeness (QED) is 0.356. The molecule has 0 saturated carbocycles. The summed E-state index contributed by atoms with van der Waals surface area (Å²) in [5.74, 6) is -0.260. The third kappa shape index (κ3) is 3.75. The van der Waals surface area contributed by atoms with Crippen LogP contribution >= 0.6 is 28.1 Å². The Morgan fingerprint density at radius 3 is 2.35 bits per heavy atom. The first-order valence-electron chi connectivity index (χ1n) is 9.81. The molecule has 3 heterocycles. The van der Waals surface area contributed by atoms with E-state index in [1.54, 1.807) is 18.3 Å². The third-order valence-electron chi connectivity index (χ3n) is 5.39. The highest BCUT2D eigenvalue weighted by atomic mass is 79.9. The molecule has 0 bridgehead atoms. The highest BCUT2D eigenvalue weighted by Crippen LogP contribution is 2.42. The van der Waals surface area contributed by atoms with Crippen molar-refractivity contribution in [2.45, 2.75) is 12.1 Å². The number of benzene rings is 2. The van der Waals surface area contributed by atoms with Crippen LogP contribution in [0.3, 0.4) is 0 Å². The summed E-state index contributed by atoms with van der Waals surface area (Å²) >= 11 is 9.28. The molecule has 2 aromatic heterocycles. The molecule has 0 radical (unpaired) electrons. The number of pyridine rings is 1. The van der Waals surface area contributed by atoms with Crippen molar-refractivity contribution < 1.29 is 4.39 Å². The zero-order valence-corrected chi connectivity index (χ0v) is 18.7. The normalized spacial score (nSPS) is 18.3. The smallest absolute Gasteiger partial charge is 0.174 e. The molecular weight excluding hydrogens is 475 g/mol. The summed E-state index contributed by atoms with van der Waals surface area (Å²) in [5, 5.41) is 4.10. The molecule has 1 aliphatic rings. The van der Waals surface area contributed by atoms with Crippen molar-refractivity contribution in [1.29, 1.82) is 0 Å². The zero-order valence-electron chi connectivity index (χ0n) is 16.3. The van der Waals surface area contributed by atoms with Gasteiger partial charge in [-0.1, -0.05) is 22.0 Å². The van der Waals surface area contributed by atoms with E-state index in [1.165, 1.54) is 12.1 Å². The molecule has 1 fully saturated rings. The molecule has 0 unspecified atom stereocenters. The first-order valence-corrected chi connectivity index (χ1v) is 11.0. The lowest BCUT2D eigenvalue weighted by Crippen LogP contribution is -2.30. The van der Waals surface area contributed by atoms with Gasteiger partial charge >= 0.3 is 0 Å². The topological polar surface area (TPSA) is 33.1 Å². The molecule has 1 saturated heterocycles. The molecule has 1 N–H and O–H groups in total. The van der Waals surface area contributed by atoms with Crippen molar-refractivity contribution >= 4 is 38.9 Å². The Kier molecular flexibility index (Phi) is 5.29. The number of rotatable bonds is 4. The highest BCUT2D eigenvalue weighted by Gasteiger charge is 2.42. The number of halogens is 2. The van der Waals surface area contributed by atoms with Crippen molar-refractivity contribution in [3.63, 3.8) is 0 Å². The van der Waals surface area contributed by atoms with E-state index in [1.807, 2.05) is 54.7 Å². The Labute approximate surface area is 193 Å². The predicted molar refractivity (Wildman–Crippen MR) is 128 cm³/mol. The number of hydrogen-bond donors (Lipinski definition) is 1. The molecule has 2 atom stereocenters. The highest BCUT2D eigenvalue weighted by molar-refractivity contribution is 9.10. The predicted octanol–water partition coefficient (Wildman–Crippen LogP) is 5.95. The molecule has 31 heavy (non-hydrogen) atoms. The fraction of sp³-hybridized carbons (Fsp3) is 0.0833. The Morgan fingerprint density at radius 2 is 1.65 bits per heavy atom. The molecule has 0 amide bonds. The SMILES string of the molecule is Fc1ccc(-n2cccc2[C@@H]2[C@H](c3ccccn3)NC(=S)N2c2ccc(Br)cc2)cc1. The minimum Gasteiger partial charge on any atom is -0.351 e. The van der Waals surface area contributed by atoms with E-state index in [9.17, 15) is 4.39 Å². The van der Waals surface area contributed by atoms with Crippen LogP contribution < -0.4 is 10.2 Å². The van der Waals surface area contributed by atoms with Gasteiger partial charge in [0.2, 0.25) is 0 Å². The monoisotopic (exact) mass is 492 g/mol. The summed E-state index contributed by atoms with van der Waals surface area (Å²) in [6, 6.07) is 24.2. The van der Waals surface area contributed by atoms with Gasteiger partial charge in [0.15, 0.2) is 5.11 Å². The van der Waals surface area contributed by atoms with E-state index in [0.29, 0.717) is 5.11 Å². The van der Waals surface area contributed by atoms with Crippen LogP contribution in [-0.4, -0.2) is 14.7 Å². The molecule has 7 heteroatoms. The lowest BCUT2D eigenvalue weighted by atomic mass is 10.0. The van der Waals surface area contributed by atoms with E-state index in [2.05, 4.69) is 41.8 Å². The van der Waals surface area contributed by atoms with Crippen LogP contribution in [0.1, 0.15) is 23.5 Å². The minimum absolute atomic E-state index is 0.147. The summed E-state index contributed by atoms with van der Waals surface area (Å²) < 4.78 is 16.6. The van der Waals surface area contributed by atoms with Gasteiger partial charge in [-0.05, 0) is 85.0 Å². The van der Waals surface area contributed by atoms with Gasteiger partial charge in [-0.2, -0.15) is 0 Å². The Bertz CT molecular complexity index is 1210. The lowest BCUT2D eigenvalue weighted by Gasteiger charge is -2.29. The second kappa shape index (κ2) is 8.24. The second-order valence-corrected chi connectivity index (χ2v) is 8.55. The Balaban J connectivity index is 1.66. The fourth-order valence-corrected chi connectivity index (χ4v) is 4.62. The van der Waals surface area contributed by atoms with Crippen molar-refractivity contribution in [1.82, 2.24) is 14.9 Å². The summed E-state index contributed by atoms with van der Waals surface area (Å²) in [7, 11) is 0. The van der Waals surface area contributed by atoms with Crippen LogP contribution in [0.5, 0.6) is 0 Å². The third-order valence-corrected chi connectivity index (χ3v) is 6.23. The molecule has 0 aliphatic carbocycles. The maximum atomic E-state index is 13.5. The summed E-state index contributed by atoms with van der Waals surface area (Å²) in [5.41, 5.74) is 3.80. The number of nitrogens with zero attached hydrogens (tertiary/aromatic N) is 3. The lowest BCUT2D eigenvalue weighted by molar-refractivity contribution is 0.549. The van der Waals surface area contributed by atoms with E-state index >= 15 is 0 Å². The minimum atomic E-state index is -0.260. The van der Waals surface area contributed by atoms with Crippen molar-refractivity contribution in [2.24, 2.45) is 0 Å². The van der Waals surface area contributed by atoms with Gasteiger partial charge in [-0.25, -0.2) is 4.39 Å². The average molecular weight is 493 g/mol. The average Bonchev–Trinajstić information content (AvgIpc) is 3.40. The van der Waals surface area contributed by atoms with Gasteiger partial charge < -0.3 is 14.8 Å². The maximum Gasteiger partial charge on any atom is 0.174 e. The van der Waals surface area contributed by atoms with E-state index in [0.717, 1.165) is 27.2 Å². The Hall–Kier alpha value is -3.03. The van der Waals surface area contributed by atoms with Crippen molar-refractivity contribution in [2.75, 3.05) is 4.90 Å². The number of aromatic nitrogens is 2. The molecule has 4 nitrogen and oxygen atoms in total. The van der Waals surface area contributed by atoms with Gasteiger partial charge in [0.25, 0.3) is 0 Å². The van der Waals surface area contributed by atoms with Gasteiger partial charge in [0.05, 0.1) is 11.7 Å². The van der Waals surface area contributed by atoms with Crippen LogP contribution in [0.4, 0.5) is 10.1 Å². The van der Waals surface area contributed by atoms with E-state index in [-0.39, 0.29) is 17.9 Å². The molecular formula is C24H18BrFN4S. The van der Waals surface area contributed by atoms with Crippen molar-refractivity contribution in [3.05, 3.63) is 113 Å². The molecule has 1 aliphatic heterocycles. The molecule has 154 valence electrons.